The summed E-state index contributed by atoms with van der Waals surface area (Å²) in [5, 5.41) is 33.0. The van der Waals surface area contributed by atoms with Crippen LogP contribution in [-0.4, -0.2) is 4.57 Å². The van der Waals surface area contributed by atoms with Crippen LogP contribution in [-0.2, 0) is 5.41 Å². The second-order valence-corrected chi connectivity index (χ2v) is 35.6. The lowest BCUT2D eigenvalue weighted by Crippen LogP contribution is -2.10. The predicted octanol–water partition coefficient (Wildman–Crippen LogP) is 35.6. The number of para-hydroxylation sites is 5. The molecule has 0 unspecified atom stereocenters. The Hall–Kier alpha value is -16.2. The summed E-state index contributed by atoms with van der Waals surface area (Å²) in [6.07, 6.45) is 0. The fourth-order valence-electron chi connectivity index (χ4n) is 21.1. The predicted molar refractivity (Wildman–Crippen MR) is 547 cm³/mol. The van der Waals surface area contributed by atoms with Gasteiger partial charge in [-0.2, -0.15) is 0 Å². The molecule has 0 fully saturated rings. The summed E-state index contributed by atoms with van der Waals surface area (Å²) in [4.78, 5) is 0. The van der Waals surface area contributed by atoms with Crippen molar-refractivity contribution in [2.24, 2.45) is 0 Å². The molecule has 0 bridgehead atoms. The number of fused-ring (bicyclic) bond motifs is 13. The minimum atomic E-state index is 0.0713. The summed E-state index contributed by atoms with van der Waals surface area (Å²) >= 11 is 0. The summed E-state index contributed by atoms with van der Waals surface area (Å²) in [6.45, 7) is 9.05. The summed E-state index contributed by atoms with van der Waals surface area (Å²) in [5.41, 5.74) is 27.3. The molecular formula is C125H83NO2. The first-order valence-corrected chi connectivity index (χ1v) is 44.5. The van der Waals surface area contributed by atoms with Crippen molar-refractivity contribution in [2.45, 2.75) is 33.1 Å². The molecule has 0 N–H and O–H groups in total. The second kappa shape index (κ2) is 29.5. The lowest BCUT2D eigenvalue weighted by atomic mass is 9.81. The molecule has 24 aromatic carbocycles. The van der Waals surface area contributed by atoms with Crippen LogP contribution in [0.3, 0.4) is 0 Å². The molecule has 0 aliphatic rings. The lowest BCUT2D eigenvalue weighted by molar-refractivity contribution is 0.591. The third-order valence-electron chi connectivity index (χ3n) is 27.3. The first kappa shape index (κ1) is 74.4. The minimum absolute atomic E-state index is 0.0713. The number of nitrogens with zero attached hydrogens (tertiary/aromatic N) is 1. The van der Waals surface area contributed by atoms with Crippen molar-refractivity contribution in [3.63, 3.8) is 0 Å². The largest absolute Gasteiger partial charge is 0.456 e. The van der Waals surface area contributed by atoms with E-state index in [4.69, 9.17) is 8.83 Å². The highest BCUT2D eigenvalue weighted by Crippen LogP contribution is 2.51. The van der Waals surface area contributed by atoms with Crippen LogP contribution in [0.5, 0.6) is 0 Å². The van der Waals surface area contributed by atoms with Crippen molar-refractivity contribution in [3.05, 3.63) is 442 Å². The van der Waals surface area contributed by atoms with Crippen LogP contribution in [0, 0.1) is 6.92 Å². The van der Waals surface area contributed by atoms with E-state index in [-0.39, 0.29) is 5.41 Å². The fraction of sp³-hybridized carbons (Fsp3) is 0.0400. The molecule has 3 nitrogen and oxygen atoms in total. The van der Waals surface area contributed by atoms with Crippen LogP contribution in [0.2, 0.25) is 0 Å². The monoisotopic (exact) mass is 1630 g/mol. The van der Waals surface area contributed by atoms with E-state index >= 15 is 0 Å². The Morgan fingerprint density at radius 2 is 0.609 bits per heavy atom. The minimum Gasteiger partial charge on any atom is -0.456 e. The molecule has 27 rings (SSSR count). The van der Waals surface area contributed by atoms with Gasteiger partial charge in [0, 0.05) is 43.6 Å². The Bertz CT molecular complexity index is 9030. The third kappa shape index (κ3) is 12.1. The Morgan fingerprint density at radius 1 is 0.203 bits per heavy atom. The zero-order chi connectivity index (χ0) is 85.0. The summed E-state index contributed by atoms with van der Waals surface area (Å²) in [7, 11) is 0. The van der Waals surface area contributed by atoms with Gasteiger partial charge in [-0.05, 0) is 259 Å². The molecule has 3 heterocycles. The van der Waals surface area contributed by atoms with Crippen LogP contribution in [0.15, 0.2) is 440 Å². The van der Waals surface area contributed by atoms with E-state index < -0.39 is 0 Å². The average Bonchev–Trinajstić information content (AvgIpc) is 1.08. The molecule has 600 valence electrons. The van der Waals surface area contributed by atoms with Crippen LogP contribution in [0.1, 0.15) is 31.9 Å². The standard InChI is InChI=1S/C48H35N.C42H26O.C35H22O/c1-48(2,3)34-27-32-21-25-40-42(31-19-23-35(24-20-31)49-44-17-8-6-14-38(44)39-15-7-9-18-45(39)49)29-43(41-26-22-33(28-34)46(32)47(40)41)37-16-10-12-30-11-4-5-13-36(30)37;1-2-11-30-26-31(25-20-27(30)10-1)41-36-15-5-3-13-34(36)40(35-14-4-6-16-37(35)41)29-23-21-28(22-24-29)32-17-9-18-38-33-12-7-8-19-39(33)43-42(32)38;1-21-6-8-22(9-7-21)26-15-10-23-13-19-31-27(16-11-24-12-18-30(26)34(23)35(24)31)25-14-17-29-28-4-2-3-5-32(28)36-33(29)20-25/h4-29H,1-3H3;1-26H;2-20H,1H3. The van der Waals surface area contributed by atoms with Gasteiger partial charge in [-0.15, -0.1) is 0 Å². The highest BCUT2D eigenvalue weighted by molar-refractivity contribution is 6.31. The van der Waals surface area contributed by atoms with Gasteiger partial charge in [0.05, 0.1) is 11.0 Å². The number of aromatic nitrogens is 1. The number of benzene rings is 24. The van der Waals surface area contributed by atoms with E-state index in [1.165, 1.54) is 213 Å². The van der Waals surface area contributed by atoms with E-state index in [9.17, 15) is 0 Å². The van der Waals surface area contributed by atoms with Crippen molar-refractivity contribution in [3.8, 4) is 83.6 Å². The van der Waals surface area contributed by atoms with E-state index in [1.54, 1.807) is 0 Å². The molecule has 0 aliphatic heterocycles. The maximum atomic E-state index is 6.35. The maximum absolute atomic E-state index is 6.35. The van der Waals surface area contributed by atoms with Crippen LogP contribution < -0.4 is 0 Å². The van der Waals surface area contributed by atoms with Crippen molar-refractivity contribution in [1.29, 1.82) is 0 Å². The van der Waals surface area contributed by atoms with Gasteiger partial charge in [-0.3, -0.25) is 0 Å². The maximum Gasteiger partial charge on any atom is 0.143 e. The van der Waals surface area contributed by atoms with Gasteiger partial charge in [0.25, 0.3) is 0 Å². The molecule has 3 heteroatoms. The number of hydrogen-bond acceptors (Lipinski definition) is 2. The SMILES string of the molecule is CC(C)(C)c1cc2ccc3c(-c4ccc(-n5c6ccccc6c6ccccc65)cc4)cc(-c4cccc5ccccc45)c4ccc(c1)c2c34.Cc1ccc(-c2ccc3ccc4c(-c5ccc6c(c5)oc5ccccc56)ccc5ccc2c3c54)cc1.c1ccc2cc(-c3c4ccccc4c(-c4ccc(-c5cccc6c5oc5ccccc56)cc4)c4ccccc34)ccc2c1. The molecule has 0 saturated heterocycles. The summed E-state index contributed by atoms with van der Waals surface area (Å²) < 4.78 is 15.0. The first-order chi connectivity index (χ1) is 63.0. The Kier molecular flexibility index (Phi) is 17.2. The molecule has 27 aromatic rings. The topological polar surface area (TPSA) is 31.2 Å². The van der Waals surface area contributed by atoms with Crippen LogP contribution in [0.25, 0.3) is 257 Å². The van der Waals surface area contributed by atoms with Gasteiger partial charge in [0.2, 0.25) is 0 Å². The van der Waals surface area contributed by atoms with Crippen molar-refractivity contribution in [2.75, 3.05) is 0 Å². The summed E-state index contributed by atoms with van der Waals surface area (Å²) in [5.74, 6) is 0. The Morgan fingerprint density at radius 3 is 1.24 bits per heavy atom. The van der Waals surface area contributed by atoms with Gasteiger partial charge in [-0.1, -0.05) is 396 Å². The van der Waals surface area contributed by atoms with E-state index in [1.807, 2.05) is 24.3 Å². The van der Waals surface area contributed by atoms with Crippen molar-refractivity contribution in [1.82, 2.24) is 4.57 Å². The normalized spacial score (nSPS) is 12.1. The first-order valence-electron chi connectivity index (χ1n) is 44.5. The number of rotatable bonds is 8. The Labute approximate surface area is 740 Å². The molecular weight excluding hydrogens is 1550 g/mol. The molecule has 0 saturated carbocycles. The molecule has 0 amide bonds. The average molecular weight is 1630 g/mol. The Balaban J connectivity index is 0.000000105. The van der Waals surface area contributed by atoms with Gasteiger partial charge >= 0.3 is 0 Å². The van der Waals surface area contributed by atoms with E-state index in [2.05, 4.69) is 439 Å². The van der Waals surface area contributed by atoms with Crippen molar-refractivity contribution >= 4 is 173 Å². The molecule has 0 spiro atoms. The quantitative estimate of drug-likeness (QED) is 0.112. The zero-order valence-corrected chi connectivity index (χ0v) is 71.3. The molecule has 3 aromatic heterocycles. The third-order valence-corrected chi connectivity index (χ3v) is 27.3. The van der Waals surface area contributed by atoms with Crippen LogP contribution >= 0.6 is 0 Å². The van der Waals surface area contributed by atoms with Gasteiger partial charge in [0.1, 0.15) is 22.3 Å². The number of hydrogen-bond donors (Lipinski definition) is 0. The number of aryl methyl sites for hydroxylation is 1. The van der Waals surface area contributed by atoms with Crippen molar-refractivity contribution < 1.29 is 8.83 Å². The van der Waals surface area contributed by atoms with Gasteiger partial charge < -0.3 is 13.4 Å². The zero-order valence-electron chi connectivity index (χ0n) is 71.3. The summed E-state index contributed by atoms with van der Waals surface area (Å²) in [6, 6.07) is 158. The van der Waals surface area contributed by atoms with E-state index in [0.29, 0.717) is 0 Å². The van der Waals surface area contributed by atoms with Crippen LogP contribution in [0.4, 0.5) is 0 Å². The van der Waals surface area contributed by atoms with Gasteiger partial charge in [0.15, 0.2) is 0 Å². The molecule has 0 radical (unpaired) electrons. The van der Waals surface area contributed by atoms with E-state index in [0.717, 1.165) is 55.0 Å². The molecule has 0 atom stereocenters. The number of furan rings is 2. The second-order valence-electron chi connectivity index (χ2n) is 35.6. The fourth-order valence-corrected chi connectivity index (χ4v) is 21.1. The molecule has 0 aliphatic carbocycles. The molecule has 128 heavy (non-hydrogen) atoms. The smallest absolute Gasteiger partial charge is 0.143 e. The lowest BCUT2D eigenvalue weighted by Gasteiger charge is -2.23. The highest BCUT2D eigenvalue weighted by Gasteiger charge is 2.25. The highest BCUT2D eigenvalue weighted by atomic mass is 16.3. The van der Waals surface area contributed by atoms with Gasteiger partial charge in [-0.25, -0.2) is 0 Å².